The number of nitrogens with one attached hydrogen (secondary N) is 2. The molecule has 7 nitrogen and oxygen atoms in total. The van der Waals surface area contributed by atoms with Crippen LogP contribution in [0.15, 0.2) is 6.20 Å². The Hall–Kier alpha value is -1.15. The molecule has 9 heteroatoms. The Morgan fingerprint density at radius 2 is 2.25 bits per heavy atom. The van der Waals surface area contributed by atoms with Crippen molar-refractivity contribution in [2.24, 2.45) is 7.05 Å². The lowest BCUT2D eigenvalue weighted by Crippen LogP contribution is -2.45. The van der Waals surface area contributed by atoms with E-state index in [-0.39, 0.29) is 24.6 Å². The molecule has 0 spiro atoms. The van der Waals surface area contributed by atoms with Crippen molar-refractivity contribution in [3.8, 4) is 0 Å². The number of β-amino-alcohol motifs (C(OH)–C–C–N with tert-alkyl or cyclic N) is 1. The van der Waals surface area contributed by atoms with E-state index >= 15 is 0 Å². The van der Waals surface area contributed by atoms with E-state index in [0.717, 1.165) is 17.4 Å². The number of piperidine rings is 1. The maximum Gasteiger partial charge on any atom is 0.177 e. The molecule has 0 saturated carbocycles. The molecule has 1 fully saturated rings. The molecule has 2 aromatic rings. The van der Waals surface area contributed by atoms with Gasteiger partial charge in [-0.05, 0) is 6.42 Å². The van der Waals surface area contributed by atoms with E-state index in [4.69, 9.17) is 11.6 Å². The van der Waals surface area contributed by atoms with Gasteiger partial charge in [-0.2, -0.15) is 5.10 Å². The van der Waals surface area contributed by atoms with E-state index in [1.165, 1.54) is 0 Å². The first kappa shape index (κ1) is 15.2. The Balaban J connectivity index is 0.00000147. The fourth-order valence-electron chi connectivity index (χ4n) is 2.38. The number of rotatable bonds is 2. The van der Waals surface area contributed by atoms with Crippen LogP contribution in [0.25, 0.3) is 10.9 Å². The van der Waals surface area contributed by atoms with Crippen LogP contribution in [0.3, 0.4) is 0 Å². The van der Waals surface area contributed by atoms with Gasteiger partial charge in [-0.15, -0.1) is 22.6 Å². The second kappa shape index (κ2) is 6.09. The smallest absolute Gasteiger partial charge is 0.177 e. The molecule has 3 N–H and O–H groups in total. The highest BCUT2D eigenvalue weighted by molar-refractivity contribution is 6.34. The van der Waals surface area contributed by atoms with E-state index < -0.39 is 0 Å². The van der Waals surface area contributed by atoms with Crippen molar-refractivity contribution in [1.82, 2.24) is 25.3 Å². The van der Waals surface area contributed by atoms with Crippen molar-refractivity contribution in [2.75, 3.05) is 18.4 Å². The highest BCUT2D eigenvalue weighted by Crippen LogP contribution is 2.26. The number of nitrogens with zero attached hydrogens (tertiary/aromatic N) is 4. The lowest BCUT2D eigenvalue weighted by Gasteiger charge is -2.27. The molecule has 3 rings (SSSR count). The number of anilines is 1. The van der Waals surface area contributed by atoms with Gasteiger partial charge in [-0.3, -0.25) is 4.68 Å². The van der Waals surface area contributed by atoms with Gasteiger partial charge in [0.25, 0.3) is 0 Å². The summed E-state index contributed by atoms with van der Waals surface area (Å²) in [7, 11) is 1.81. The summed E-state index contributed by atoms with van der Waals surface area (Å²) < 4.78 is 1.67. The summed E-state index contributed by atoms with van der Waals surface area (Å²) in [6, 6.07) is 0.114. The first-order valence-corrected chi connectivity index (χ1v) is 6.52. The second-order valence-electron chi connectivity index (χ2n) is 4.76. The van der Waals surface area contributed by atoms with Gasteiger partial charge in [0.2, 0.25) is 0 Å². The van der Waals surface area contributed by atoms with Crippen LogP contribution in [0, 0.1) is 0 Å². The minimum absolute atomic E-state index is 0. The fraction of sp³-hybridized carbons (Fsp3) is 0.545. The SMILES string of the molecule is Cl.Cn1ncc2c(NC3CNC[C@H](O)C3)nnc(Cl)c21. The number of aliphatic hydroxyl groups is 1. The minimum Gasteiger partial charge on any atom is -0.392 e. The summed E-state index contributed by atoms with van der Waals surface area (Å²) in [6.45, 7) is 1.41. The summed E-state index contributed by atoms with van der Waals surface area (Å²) in [6.07, 6.45) is 2.06. The quantitative estimate of drug-likeness (QED) is 0.750. The molecule has 1 aliphatic rings. The average molecular weight is 319 g/mol. The molecule has 20 heavy (non-hydrogen) atoms. The molecule has 1 saturated heterocycles. The zero-order chi connectivity index (χ0) is 13.4. The van der Waals surface area contributed by atoms with Crippen LogP contribution in [0.5, 0.6) is 0 Å². The van der Waals surface area contributed by atoms with Crippen molar-refractivity contribution in [1.29, 1.82) is 0 Å². The third kappa shape index (κ3) is 2.80. The summed E-state index contributed by atoms with van der Waals surface area (Å²) in [5.41, 5.74) is 0.753. The van der Waals surface area contributed by atoms with Crippen LogP contribution in [-0.2, 0) is 7.05 Å². The zero-order valence-electron chi connectivity index (χ0n) is 10.9. The fourth-order valence-corrected chi connectivity index (χ4v) is 2.64. The molecule has 1 aliphatic heterocycles. The van der Waals surface area contributed by atoms with Crippen LogP contribution >= 0.6 is 24.0 Å². The summed E-state index contributed by atoms with van der Waals surface area (Å²) in [5, 5.41) is 29.5. The molecular weight excluding hydrogens is 303 g/mol. The number of aromatic nitrogens is 4. The third-order valence-corrected chi connectivity index (χ3v) is 3.55. The average Bonchev–Trinajstić information content (AvgIpc) is 2.76. The van der Waals surface area contributed by atoms with Crippen LogP contribution in [0.2, 0.25) is 5.15 Å². The van der Waals surface area contributed by atoms with Crippen molar-refractivity contribution < 1.29 is 5.11 Å². The highest BCUT2D eigenvalue weighted by Gasteiger charge is 2.21. The van der Waals surface area contributed by atoms with Crippen LogP contribution in [0.4, 0.5) is 5.82 Å². The minimum atomic E-state index is -0.337. The number of hydrogen-bond acceptors (Lipinski definition) is 6. The summed E-state index contributed by atoms with van der Waals surface area (Å²) >= 11 is 6.03. The van der Waals surface area contributed by atoms with Gasteiger partial charge in [-0.1, -0.05) is 11.6 Å². The first-order valence-electron chi connectivity index (χ1n) is 6.14. The Morgan fingerprint density at radius 1 is 1.45 bits per heavy atom. The number of halogens is 2. The van der Waals surface area contributed by atoms with Crippen LogP contribution in [-0.4, -0.2) is 50.3 Å². The molecule has 0 radical (unpaired) electrons. The lowest BCUT2D eigenvalue weighted by molar-refractivity contribution is 0.136. The van der Waals surface area contributed by atoms with E-state index in [2.05, 4.69) is 25.9 Å². The maximum atomic E-state index is 9.64. The van der Waals surface area contributed by atoms with Gasteiger partial charge in [0, 0.05) is 26.2 Å². The van der Waals surface area contributed by atoms with E-state index in [1.807, 2.05) is 7.05 Å². The van der Waals surface area contributed by atoms with Gasteiger partial charge in [0.05, 0.1) is 17.7 Å². The lowest BCUT2D eigenvalue weighted by atomic mass is 10.1. The Morgan fingerprint density at radius 3 is 3.00 bits per heavy atom. The predicted molar refractivity (Wildman–Crippen MR) is 79.5 cm³/mol. The standard InChI is InChI=1S/C11H15ClN6O.ClH/c1-18-9-8(5-14-18)11(17-16-10(9)12)15-6-2-7(19)4-13-3-6;/h5-7,13,19H,2-4H2,1H3,(H,15,17);1H/t6?,7-;/m1./s1. The molecule has 0 bridgehead atoms. The molecule has 1 unspecified atom stereocenters. The molecule has 0 aliphatic carbocycles. The summed E-state index contributed by atoms with van der Waals surface area (Å²) in [5.74, 6) is 0.647. The van der Waals surface area contributed by atoms with Gasteiger partial charge in [0.15, 0.2) is 11.0 Å². The Bertz CT molecular complexity index is 604. The summed E-state index contributed by atoms with van der Waals surface area (Å²) in [4.78, 5) is 0. The van der Waals surface area contributed by atoms with Gasteiger partial charge in [-0.25, -0.2) is 0 Å². The number of aliphatic hydroxyl groups excluding tert-OH is 1. The largest absolute Gasteiger partial charge is 0.392 e. The Labute approximate surface area is 127 Å². The molecule has 3 heterocycles. The monoisotopic (exact) mass is 318 g/mol. The molecule has 2 atom stereocenters. The van der Waals surface area contributed by atoms with Crippen LogP contribution in [0.1, 0.15) is 6.42 Å². The van der Waals surface area contributed by atoms with Crippen molar-refractivity contribution in [3.63, 3.8) is 0 Å². The second-order valence-corrected chi connectivity index (χ2v) is 5.12. The van der Waals surface area contributed by atoms with Gasteiger partial charge >= 0.3 is 0 Å². The molecular formula is C11H16Cl2N6O. The van der Waals surface area contributed by atoms with E-state index in [9.17, 15) is 5.11 Å². The third-order valence-electron chi connectivity index (χ3n) is 3.30. The van der Waals surface area contributed by atoms with Crippen molar-refractivity contribution in [2.45, 2.75) is 18.6 Å². The van der Waals surface area contributed by atoms with Gasteiger partial charge in [0.1, 0.15) is 5.52 Å². The molecule has 0 amide bonds. The maximum absolute atomic E-state index is 9.64. The zero-order valence-corrected chi connectivity index (χ0v) is 12.4. The molecule has 2 aromatic heterocycles. The Kier molecular flexibility index (Phi) is 4.64. The van der Waals surface area contributed by atoms with E-state index in [0.29, 0.717) is 23.9 Å². The predicted octanol–water partition coefficient (Wildman–Crippen LogP) is 0.573. The number of hydrogen-bond donors (Lipinski definition) is 3. The number of aryl methyl sites for hydroxylation is 1. The van der Waals surface area contributed by atoms with Crippen LogP contribution < -0.4 is 10.6 Å². The van der Waals surface area contributed by atoms with Crippen molar-refractivity contribution in [3.05, 3.63) is 11.3 Å². The van der Waals surface area contributed by atoms with Crippen molar-refractivity contribution >= 4 is 40.7 Å². The van der Waals surface area contributed by atoms with Gasteiger partial charge < -0.3 is 15.7 Å². The first-order chi connectivity index (χ1) is 9.15. The van der Waals surface area contributed by atoms with E-state index in [1.54, 1.807) is 10.9 Å². The topological polar surface area (TPSA) is 87.9 Å². The normalized spacial score (nSPS) is 22.6. The molecule has 110 valence electrons. The highest BCUT2D eigenvalue weighted by atomic mass is 35.5. The number of fused-ring (bicyclic) bond motifs is 1. The molecule has 0 aromatic carbocycles.